The van der Waals surface area contributed by atoms with E-state index in [2.05, 4.69) is 0 Å². The predicted octanol–water partition coefficient (Wildman–Crippen LogP) is 2.21. The lowest BCUT2D eigenvalue weighted by atomic mass is 9.90. The summed E-state index contributed by atoms with van der Waals surface area (Å²) >= 11 is 0. The molecule has 25 heavy (non-hydrogen) atoms. The van der Waals surface area contributed by atoms with Gasteiger partial charge >= 0.3 is 11.6 Å². The van der Waals surface area contributed by atoms with E-state index in [1.807, 2.05) is 6.07 Å². The number of piperidine rings is 1. The molecule has 6 heteroatoms. The van der Waals surface area contributed by atoms with Crippen molar-refractivity contribution in [2.75, 3.05) is 20.2 Å². The number of methoxy groups -OCH3 is 1. The Morgan fingerprint density at radius 2 is 1.96 bits per heavy atom. The van der Waals surface area contributed by atoms with Gasteiger partial charge in [-0.3, -0.25) is 9.59 Å². The zero-order valence-electron chi connectivity index (χ0n) is 14.0. The summed E-state index contributed by atoms with van der Waals surface area (Å²) in [6.45, 7) is 1.12. The van der Waals surface area contributed by atoms with Crippen LogP contribution < -0.4 is 5.63 Å². The number of rotatable bonds is 2. The topological polar surface area (TPSA) is 76.8 Å². The largest absolute Gasteiger partial charge is 0.469 e. The SMILES string of the molecule is COC(=O)[C@@H]1CC12CCN(C(=O)c1cc3ccccc3c(=O)o1)CC2. The zero-order valence-corrected chi connectivity index (χ0v) is 14.0. The van der Waals surface area contributed by atoms with Gasteiger partial charge in [-0.15, -0.1) is 0 Å². The Morgan fingerprint density at radius 3 is 2.68 bits per heavy atom. The van der Waals surface area contributed by atoms with Crippen LogP contribution in [0.2, 0.25) is 0 Å². The van der Waals surface area contributed by atoms with Crippen molar-refractivity contribution in [1.29, 1.82) is 0 Å². The molecule has 0 N–H and O–H groups in total. The molecule has 1 aromatic heterocycles. The van der Waals surface area contributed by atoms with E-state index in [9.17, 15) is 14.4 Å². The zero-order chi connectivity index (χ0) is 17.6. The van der Waals surface area contributed by atoms with Crippen LogP contribution in [0, 0.1) is 11.3 Å². The summed E-state index contributed by atoms with van der Waals surface area (Å²) in [7, 11) is 1.41. The molecule has 1 aromatic carbocycles. The highest BCUT2D eigenvalue weighted by Gasteiger charge is 2.59. The van der Waals surface area contributed by atoms with E-state index in [1.165, 1.54) is 7.11 Å². The average Bonchev–Trinajstić information content (AvgIpc) is 3.34. The first-order valence-electron chi connectivity index (χ1n) is 8.44. The number of hydrogen-bond acceptors (Lipinski definition) is 5. The highest BCUT2D eigenvalue weighted by molar-refractivity contribution is 5.95. The molecule has 2 aromatic rings. The van der Waals surface area contributed by atoms with Crippen LogP contribution in [0.3, 0.4) is 0 Å². The number of benzene rings is 1. The third kappa shape index (κ3) is 2.62. The standard InChI is InChI=1S/C19H19NO5/c1-24-18(23)14-11-19(14)6-8-20(9-7-19)16(21)15-10-12-4-2-3-5-13(12)17(22)25-15/h2-5,10,14H,6-9,11H2,1H3/t14-/m0/s1. The van der Waals surface area contributed by atoms with Crippen LogP contribution in [0.1, 0.15) is 29.8 Å². The number of carbonyl (C=O) groups excluding carboxylic acids is 2. The van der Waals surface area contributed by atoms with Crippen molar-refractivity contribution in [1.82, 2.24) is 4.90 Å². The van der Waals surface area contributed by atoms with Gasteiger partial charge in [0.25, 0.3) is 5.91 Å². The Hall–Kier alpha value is -2.63. The Balaban J connectivity index is 1.50. The third-order valence-corrected chi connectivity index (χ3v) is 5.60. The number of ether oxygens (including phenoxy) is 1. The lowest BCUT2D eigenvalue weighted by Gasteiger charge is -2.32. The van der Waals surface area contributed by atoms with Gasteiger partial charge in [0.1, 0.15) is 0 Å². The number of nitrogens with zero attached hydrogens (tertiary/aromatic N) is 1. The lowest BCUT2D eigenvalue weighted by molar-refractivity contribution is -0.143. The maximum absolute atomic E-state index is 12.7. The summed E-state index contributed by atoms with van der Waals surface area (Å²) in [4.78, 5) is 38.2. The molecule has 2 aliphatic rings. The van der Waals surface area contributed by atoms with Crippen LogP contribution in [0.15, 0.2) is 39.5 Å². The van der Waals surface area contributed by atoms with Crippen LogP contribution in [0.25, 0.3) is 10.8 Å². The highest BCUT2D eigenvalue weighted by atomic mass is 16.5. The molecule has 0 bridgehead atoms. The number of hydrogen-bond donors (Lipinski definition) is 0. The molecular formula is C19H19NO5. The van der Waals surface area contributed by atoms with Gasteiger partial charge in [0.2, 0.25) is 0 Å². The second-order valence-electron chi connectivity index (χ2n) is 6.92. The minimum Gasteiger partial charge on any atom is -0.469 e. The smallest absolute Gasteiger partial charge is 0.344 e. The summed E-state index contributed by atoms with van der Waals surface area (Å²) in [5.74, 6) is -0.387. The minimum absolute atomic E-state index is 0.00586. The lowest BCUT2D eigenvalue weighted by Crippen LogP contribution is -2.40. The number of amides is 1. The van der Waals surface area contributed by atoms with Crippen molar-refractivity contribution in [3.8, 4) is 0 Å². The maximum Gasteiger partial charge on any atom is 0.344 e. The van der Waals surface area contributed by atoms with Crippen LogP contribution in [-0.2, 0) is 9.53 Å². The molecular weight excluding hydrogens is 322 g/mol. The molecule has 1 amide bonds. The Kier molecular flexibility index (Phi) is 3.63. The van der Waals surface area contributed by atoms with Gasteiger partial charge in [0, 0.05) is 13.1 Å². The fraction of sp³-hybridized carbons (Fsp3) is 0.421. The minimum atomic E-state index is -0.497. The van der Waals surface area contributed by atoms with Crippen molar-refractivity contribution in [2.45, 2.75) is 19.3 Å². The quantitative estimate of drug-likeness (QED) is 0.783. The van der Waals surface area contributed by atoms with E-state index >= 15 is 0 Å². The summed E-state index contributed by atoms with van der Waals surface area (Å²) in [6, 6.07) is 8.68. The van der Waals surface area contributed by atoms with E-state index in [0.29, 0.717) is 23.9 Å². The van der Waals surface area contributed by atoms with Crippen molar-refractivity contribution < 1.29 is 18.7 Å². The molecule has 2 heterocycles. The molecule has 4 rings (SSSR count). The Morgan fingerprint density at radius 1 is 1.24 bits per heavy atom. The first kappa shape index (κ1) is 15.9. The van der Waals surface area contributed by atoms with Crippen molar-refractivity contribution in [2.24, 2.45) is 11.3 Å². The summed E-state index contributed by atoms with van der Waals surface area (Å²) in [5, 5.41) is 1.17. The van der Waals surface area contributed by atoms with E-state index < -0.39 is 5.63 Å². The summed E-state index contributed by atoms with van der Waals surface area (Å²) < 4.78 is 10.1. The van der Waals surface area contributed by atoms with Gasteiger partial charge in [-0.1, -0.05) is 18.2 Å². The monoisotopic (exact) mass is 341 g/mol. The van der Waals surface area contributed by atoms with E-state index in [4.69, 9.17) is 9.15 Å². The molecule has 1 saturated carbocycles. The second-order valence-corrected chi connectivity index (χ2v) is 6.92. The molecule has 1 aliphatic heterocycles. The molecule has 1 atom stereocenters. The molecule has 1 spiro atoms. The Labute approximate surface area is 144 Å². The molecule has 1 aliphatic carbocycles. The second kappa shape index (κ2) is 5.72. The van der Waals surface area contributed by atoms with Gasteiger partial charge in [-0.05, 0) is 42.2 Å². The van der Waals surface area contributed by atoms with Crippen LogP contribution in [-0.4, -0.2) is 37.0 Å². The molecule has 130 valence electrons. The first-order chi connectivity index (χ1) is 12.0. The molecule has 0 radical (unpaired) electrons. The van der Waals surface area contributed by atoms with E-state index in [0.717, 1.165) is 19.3 Å². The summed E-state index contributed by atoms with van der Waals surface area (Å²) in [5.41, 5.74) is -0.503. The fourth-order valence-electron chi connectivity index (χ4n) is 3.93. The van der Waals surface area contributed by atoms with E-state index in [1.54, 1.807) is 29.2 Å². The van der Waals surface area contributed by atoms with Crippen molar-refractivity contribution >= 4 is 22.6 Å². The number of carbonyl (C=O) groups is 2. The van der Waals surface area contributed by atoms with Crippen molar-refractivity contribution in [3.05, 3.63) is 46.5 Å². The van der Waals surface area contributed by atoms with Gasteiger partial charge < -0.3 is 14.1 Å². The third-order valence-electron chi connectivity index (χ3n) is 5.60. The molecule has 2 fully saturated rings. The fourth-order valence-corrected chi connectivity index (χ4v) is 3.93. The van der Waals surface area contributed by atoms with Crippen LogP contribution in [0.5, 0.6) is 0 Å². The normalized spacial score (nSPS) is 21.3. The number of likely N-dealkylation sites (tertiary alicyclic amines) is 1. The van der Waals surface area contributed by atoms with Gasteiger partial charge in [0.15, 0.2) is 5.76 Å². The highest BCUT2D eigenvalue weighted by Crippen LogP contribution is 2.59. The van der Waals surface area contributed by atoms with Gasteiger partial charge in [-0.25, -0.2) is 4.79 Å². The number of fused-ring (bicyclic) bond motifs is 1. The Bertz CT molecular complexity index is 907. The van der Waals surface area contributed by atoms with Gasteiger partial charge in [-0.2, -0.15) is 0 Å². The predicted molar refractivity (Wildman–Crippen MR) is 90.2 cm³/mol. The van der Waals surface area contributed by atoms with Crippen LogP contribution >= 0.6 is 0 Å². The first-order valence-corrected chi connectivity index (χ1v) is 8.44. The molecule has 1 saturated heterocycles. The number of esters is 1. The summed E-state index contributed by atoms with van der Waals surface area (Å²) in [6.07, 6.45) is 2.39. The maximum atomic E-state index is 12.7. The van der Waals surface area contributed by atoms with Crippen LogP contribution in [0.4, 0.5) is 0 Å². The van der Waals surface area contributed by atoms with Gasteiger partial charge in [0.05, 0.1) is 18.4 Å². The van der Waals surface area contributed by atoms with E-state index in [-0.39, 0.29) is 29.0 Å². The average molecular weight is 341 g/mol. The molecule has 0 unspecified atom stereocenters. The molecule has 6 nitrogen and oxygen atoms in total. The van der Waals surface area contributed by atoms with Crippen molar-refractivity contribution in [3.63, 3.8) is 0 Å².